The van der Waals surface area contributed by atoms with Crippen LogP contribution in [-0.2, 0) is 11.3 Å². The van der Waals surface area contributed by atoms with E-state index in [-0.39, 0.29) is 6.54 Å². The van der Waals surface area contributed by atoms with Gasteiger partial charge >= 0.3 is 0 Å². The van der Waals surface area contributed by atoms with Crippen molar-refractivity contribution in [3.63, 3.8) is 0 Å². The van der Waals surface area contributed by atoms with Gasteiger partial charge < -0.3 is 20.0 Å². The maximum atomic E-state index is 9.61. The molecule has 7 heteroatoms. The maximum Gasteiger partial charge on any atom is 0.276 e. The van der Waals surface area contributed by atoms with E-state index in [0.29, 0.717) is 30.1 Å². The molecule has 0 saturated heterocycles. The van der Waals surface area contributed by atoms with Crippen LogP contribution in [0.15, 0.2) is 9.64 Å². The first-order valence-electron chi connectivity index (χ1n) is 5.67. The zero-order valence-corrected chi connectivity index (χ0v) is 10.8. The van der Waals surface area contributed by atoms with E-state index in [1.54, 1.807) is 0 Å². The van der Waals surface area contributed by atoms with E-state index in [9.17, 15) is 5.11 Å². The molecule has 98 valence electrons. The van der Waals surface area contributed by atoms with Crippen LogP contribution in [0.3, 0.4) is 0 Å². The maximum absolute atomic E-state index is 9.61. The highest BCUT2D eigenvalue weighted by atomic mass is 32.2. The number of nitrogens with two attached hydrogens (primary N) is 1. The van der Waals surface area contributed by atoms with Crippen LogP contribution < -0.4 is 5.73 Å². The largest absolute Gasteiger partial charge is 0.415 e. The molecule has 0 aliphatic carbocycles. The molecule has 0 spiro atoms. The number of nitrogens with zero attached hydrogens (tertiary/aromatic N) is 2. The smallest absolute Gasteiger partial charge is 0.276 e. The quantitative estimate of drug-likeness (QED) is 0.501. The van der Waals surface area contributed by atoms with Gasteiger partial charge in [-0.2, -0.15) is 0 Å². The molecule has 0 amide bonds. The topological polar surface area (TPSA) is 94.4 Å². The van der Waals surface area contributed by atoms with Gasteiger partial charge in [0.1, 0.15) is 0 Å². The Kier molecular flexibility index (Phi) is 7.18. The molecule has 0 aromatic carbocycles. The van der Waals surface area contributed by atoms with Crippen LogP contribution in [0.5, 0.6) is 0 Å². The minimum absolute atomic E-state index is 0.232. The van der Waals surface area contributed by atoms with E-state index < -0.39 is 6.10 Å². The summed E-state index contributed by atoms with van der Waals surface area (Å²) in [6.45, 7) is 3.36. The van der Waals surface area contributed by atoms with Crippen LogP contribution in [0.2, 0.25) is 0 Å². The Morgan fingerprint density at radius 3 is 3.00 bits per heavy atom. The highest BCUT2D eigenvalue weighted by molar-refractivity contribution is 7.99. The number of aromatic nitrogens is 2. The average molecular weight is 261 g/mol. The Morgan fingerprint density at radius 2 is 2.35 bits per heavy atom. The summed E-state index contributed by atoms with van der Waals surface area (Å²) in [7, 11) is 0. The fraction of sp³-hybridized carbons (Fsp3) is 0.800. The highest BCUT2D eigenvalue weighted by Crippen LogP contribution is 2.16. The SMILES string of the molecule is CCCCOCC(O)CSc1nnc(CN)o1. The van der Waals surface area contributed by atoms with Gasteiger partial charge in [-0.15, -0.1) is 10.2 Å². The molecule has 3 N–H and O–H groups in total. The lowest BCUT2D eigenvalue weighted by Crippen LogP contribution is -2.18. The third-order valence-electron chi connectivity index (χ3n) is 1.97. The zero-order valence-electron chi connectivity index (χ0n) is 9.96. The van der Waals surface area contributed by atoms with E-state index in [0.717, 1.165) is 12.8 Å². The van der Waals surface area contributed by atoms with E-state index in [2.05, 4.69) is 17.1 Å². The molecular weight excluding hydrogens is 242 g/mol. The number of hydrogen-bond donors (Lipinski definition) is 2. The molecule has 1 atom stereocenters. The normalized spacial score (nSPS) is 12.9. The van der Waals surface area contributed by atoms with Crippen molar-refractivity contribution in [1.82, 2.24) is 10.2 Å². The molecule has 0 bridgehead atoms. The molecule has 0 fully saturated rings. The highest BCUT2D eigenvalue weighted by Gasteiger charge is 2.09. The second-order valence-corrected chi connectivity index (χ2v) is 4.53. The first-order chi connectivity index (χ1) is 8.26. The van der Waals surface area contributed by atoms with Gasteiger partial charge in [0.05, 0.1) is 19.3 Å². The number of rotatable bonds is 9. The van der Waals surface area contributed by atoms with Gasteiger partial charge in [-0.25, -0.2) is 0 Å². The lowest BCUT2D eigenvalue weighted by Gasteiger charge is -2.09. The minimum atomic E-state index is -0.523. The van der Waals surface area contributed by atoms with Gasteiger partial charge in [-0.1, -0.05) is 25.1 Å². The van der Waals surface area contributed by atoms with Gasteiger partial charge in [0.25, 0.3) is 5.22 Å². The molecule has 1 aromatic rings. The Balaban J connectivity index is 2.12. The molecule has 6 nitrogen and oxygen atoms in total. The number of thioether (sulfide) groups is 1. The predicted molar refractivity (Wildman–Crippen MR) is 64.6 cm³/mol. The number of aliphatic hydroxyl groups excluding tert-OH is 1. The van der Waals surface area contributed by atoms with Crippen LogP contribution in [0.4, 0.5) is 0 Å². The van der Waals surface area contributed by atoms with Crippen LogP contribution in [0, 0.1) is 0 Å². The standard InChI is InChI=1S/C10H19N3O3S/c1-2-3-4-15-6-8(14)7-17-10-13-12-9(5-11)16-10/h8,14H,2-7,11H2,1H3. The van der Waals surface area contributed by atoms with Crippen molar-refractivity contribution in [2.45, 2.75) is 37.6 Å². The summed E-state index contributed by atoms with van der Waals surface area (Å²) < 4.78 is 10.5. The lowest BCUT2D eigenvalue weighted by molar-refractivity contribution is 0.0472. The molecule has 0 radical (unpaired) electrons. The summed E-state index contributed by atoms with van der Waals surface area (Å²) in [4.78, 5) is 0. The molecule has 1 heterocycles. The Hall–Kier alpha value is -0.630. The van der Waals surface area contributed by atoms with Crippen LogP contribution >= 0.6 is 11.8 Å². The van der Waals surface area contributed by atoms with E-state index in [1.165, 1.54) is 11.8 Å². The number of aliphatic hydroxyl groups is 1. The van der Waals surface area contributed by atoms with Crippen molar-refractivity contribution in [1.29, 1.82) is 0 Å². The third-order valence-corrected chi connectivity index (χ3v) is 2.94. The van der Waals surface area contributed by atoms with Crippen molar-refractivity contribution in [3.05, 3.63) is 5.89 Å². The summed E-state index contributed by atoms with van der Waals surface area (Å²) in [5.74, 6) is 0.874. The van der Waals surface area contributed by atoms with Gasteiger partial charge in [0, 0.05) is 12.4 Å². The monoisotopic (exact) mass is 261 g/mol. The van der Waals surface area contributed by atoms with E-state index in [1.807, 2.05) is 0 Å². The zero-order chi connectivity index (χ0) is 12.5. The third kappa shape index (κ3) is 6.02. The van der Waals surface area contributed by atoms with Gasteiger partial charge in [0.15, 0.2) is 0 Å². The molecule has 1 rings (SSSR count). The summed E-state index contributed by atoms with van der Waals surface area (Å²) in [5, 5.41) is 17.5. The number of hydrogen-bond acceptors (Lipinski definition) is 7. The molecule has 1 unspecified atom stereocenters. The molecule has 0 aliphatic heterocycles. The molecule has 17 heavy (non-hydrogen) atoms. The first kappa shape index (κ1) is 14.4. The second-order valence-electron chi connectivity index (χ2n) is 3.56. The van der Waals surface area contributed by atoms with Gasteiger partial charge in [-0.3, -0.25) is 0 Å². The fourth-order valence-electron chi connectivity index (χ4n) is 1.06. The van der Waals surface area contributed by atoms with Crippen LogP contribution in [-0.4, -0.2) is 40.4 Å². The molecule has 0 aliphatic rings. The first-order valence-corrected chi connectivity index (χ1v) is 6.65. The summed E-state index contributed by atoms with van der Waals surface area (Å²) in [5.41, 5.74) is 5.34. The average Bonchev–Trinajstić information content (AvgIpc) is 2.80. The van der Waals surface area contributed by atoms with Gasteiger partial charge in [0.2, 0.25) is 5.89 Å². The second kappa shape index (κ2) is 8.46. The Labute approximate surface area is 105 Å². The fourth-order valence-corrected chi connectivity index (χ4v) is 1.75. The van der Waals surface area contributed by atoms with Crippen LogP contribution in [0.1, 0.15) is 25.7 Å². The van der Waals surface area contributed by atoms with Crippen molar-refractivity contribution in [2.75, 3.05) is 19.0 Å². The number of ether oxygens (including phenoxy) is 1. The number of unbranched alkanes of at least 4 members (excludes halogenated alkanes) is 1. The van der Waals surface area contributed by atoms with Gasteiger partial charge in [-0.05, 0) is 6.42 Å². The molecule has 1 aromatic heterocycles. The Bertz CT molecular complexity index is 309. The minimum Gasteiger partial charge on any atom is -0.415 e. The van der Waals surface area contributed by atoms with Crippen molar-refractivity contribution in [2.24, 2.45) is 5.73 Å². The van der Waals surface area contributed by atoms with Crippen molar-refractivity contribution in [3.8, 4) is 0 Å². The van der Waals surface area contributed by atoms with Crippen molar-refractivity contribution < 1.29 is 14.3 Å². The summed E-state index contributed by atoms with van der Waals surface area (Å²) in [6.07, 6.45) is 1.59. The van der Waals surface area contributed by atoms with Crippen LogP contribution in [0.25, 0.3) is 0 Å². The summed E-state index contributed by atoms with van der Waals surface area (Å²) >= 11 is 1.30. The Morgan fingerprint density at radius 1 is 1.53 bits per heavy atom. The predicted octanol–water partition coefficient (Wildman–Crippen LogP) is 0.798. The van der Waals surface area contributed by atoms with E-state index in [4.69, 9.17) is 14.9 Å². The molecule has 0 saturated carbocycles. The van der Waals surface area contributed by atoms with E-state index >= 15 is 0 Å². The summed E-state index contributed by atoms with van der Waals surface area (Å²) in [6, 6.07) is 0. The van der Waals surface area contributed by atoms with Crippen molar-refractivity contribution >= 4 is 11.8 Å². The molecular formula is C10H19N3O3S. The lowest BCUT2D eigenvalue weighted by atomic mass is 10.3.